The predicted octanol–water partition coefficient (Wildman–Crippen LogP) is 2.01. The molecule has 7 nitrogen and oxygen atoms in total. The number of ether oxygens (including phenoxy) is 1. The summed E-state index contributed by atoms with van der Waals surface area (Å²) in [5.74, 6) is 0.262. The molecule has 0 radical (unpaired) electrons. The van der Waals surface area contributed by atoms with Crippen molar-refractivity contribution < 1.29 is 14.3 Å². The third-order valence-corrected chi connectivity index (χ3v) is 4.54. The number of nitrogens with zero attached hydrogens (tertiary/aromatic N) is 2. The lowest BCUT2D eigenvalue weighted by Gasteiger charge is -2.26. The van der Waals surface area contributed by atoms with E-state index in [1.807, 2.05) is 6.07 Å². The van der Waals surface area contributed by atoms with Crippen molar-refractivity contribution in [2.45, 2.75) is 18.8 Å². The average Bonchev–Trinajstić information content (AvgIpc) is 3.39. The van der Waals surface area contributed by atoms with Crippen LogP contribution in [0, 0.1) is 0 Å². The van der Waals surface area contributed by atoms with E-state index in [1.54, 1.807) is 29.2 Å². The molecule has 130 valence electrons. The Balaban J connectivity index is 1.39. The lowest BCUT2D eigenvalue weighted by molar-refractivity contribution is 0.0303. The highest BCUT2D eigenvalue weighted by Crippen LogP contribution is 2.39. The zero-order valence-corrected chi connectivity index (χ0v) is 13.8. The van der Waals surface area contributed by atoms with Crippen molar-refractivity contribution in [2.75, 3.05) is 31.6 Å². The molecule has 2 aromatic rings. The molecule has 0 unspecified atom stereocenters. The van der Waals surface area contributed by atoms with Crippen LogP contribution in [-0.4, -0.2) is 53.2 Å². The highest BCUT2D eigenvalue weighted by molar-refractivity contribution is 6.03. The molecule has 0 atom stereocenters. The summed E-state index contributed by atoms with van der Waals surface area (Å²) in [6.07, 6.45) is 2.31. The molecule has 7 heteroatoms. The summed E-state index contributed by atoms with van der Waals surface area (Å²) in [5, 5.41) is 9.80. The lowest BCUT2D eigenvalue weighted by Crippen LogP contribution is -2.40. The second-order valence-electron chi connectivity index (χ2n) is 6.42. The molecule has 4 rings (SSSR count). The Morgan fingerprint density at radius 2 is 1.88 bits per heavy atom. The number of aromatic amines is 1. The highest BCUT2D eigenvalue weighted by Gasteiger charge is 2.26. The molecule has 2 fully saturated rings. The topological polar surface area (TPSA) is 87.3 Å². The first-order valence-electron chi connectivity index (χ1n) is 8.54. The van der Waals surface area contributed by atoms with Gasteiger partial charge in [-0.3, -0.25) is 14.7 Å². The molecule has 1 aromatic carbocycles. The molecular weight excluding hydrogens is 320 g/mol. The minimum absolute atomic E-state index is 0.0115. The number of carbonyl (C=O) groups excluding carboxylic acids is 2. The van der Waals surface area contributed by atoms with Gasteiger partial charge in [0.05, 0.1) is 13.2 Å². The normalized spacial score (nSPS) is 17.4. The molecule has 1 aromatic heterocycles. The van der Waals surface area contributed by atoms with Crippen LogP contribution in [0.4, 0.5) is 5.69 Å². The zero-order chi connectivity index (χ0) is 17.2. The van der Waals surface area contributed by atoms with Crippen molar-refractivity contribution in [1.82, 2.24) is 15.1 Å². The number of hydrogen-bond donors (Lipinski definition) is 2. The van der Waals surface area contributed by atoms with E-state index < -0.39 is 0 Å². The number of H-pyrrole nitrogens is 1. The van der Waals surface area contributed by atoms with E-state index in [0.29, 0.717) is 49.2 Å². The fourth-order valence-corrected chi connectivity index (χ4v) is 2.90. The van der Waals surface area contributed by atoms with Crippen LogP contribution in [0.25, 0.3) is 0 Å². The molecule has 1 aliphatic heterocycles. The standard InChI is InChI=1S/C18H20N4O3/c23-17(16-11-15(20-21-16)12-1-2-12)19-14-5-3-13(4-6-14)18(24)22-7-9-25-10-8-22/h3-6,11-12H,1-2,7-10H2,(H,19,23)(H,20,21). The zero-order valence-electron chi connectivity index (χ0n) is 13.8. The van der Waals surface area contributed by atoms with Crippen LogP contribution >= 0.6 is 0 Å². The van der Waals surface area contributed by atoms with Gasteiger partial charge >= 0.3 is 0 Å². The summed E-state index contributed by atoms with van der Waals surface area (Å²) < 4.78 is 5.26. The number of hydrogen-bond acceptors (Lipinski definition) is 4. The van der Waals surface area contributed by atoms with E-state index in [4.69, 9.17) is 4.74 Å². The maximum absolute atomic E-state index is 12.4. The number of carbonyl (C=O) groups is 2. The first-order valence-corrected chi connectivity index (χ1v) is 8.54. The quantitative estimate of drug-likeness (QED) is 0.891. The molecule has 2 heterocycles. The summed E-state index contributed by atoms with van der Waals surface area (Å²) in [4.78, 5) is 26.4. The Hall–Kier alpha value is -2.67. The van der Waals surface area contributed by atoms with Crippen molar-refractivity contribution in [3.05, 3.63) is 47.3 Å². The molecule has 1 aliphatic carbocycles. The van der Waals surface area contributed by atoms with Gasteiger partial charge in [0.2, 0.25) is 0 Å². The predicted molar refractivity (Wildman–Crippen MR) is 91.7 cm³/mol. The maximum Gasteiger partial charge on any atom is 0.276 e. The Bertz CT molecular complexity index is 774. The van der Waals surface area contributed by atoms with Crippen LogP contribution < -0.4 is 5.32 Å². The van der Waals surface area contributed by atoms with E-state index >= 15 is 0 Å². The summed E-state index contributed by atoms with van der Waals surface area (Å²) >= 11 is 0. The van der Waals surface area contributed by atoms with Crippen molar-refractivity contribution >= 4 is 17.5 Å². The summed E-state index contributed by atoms with van der Waals surface area (Å²) in [6, 6.07) is 8.74. The largest absolute Gasteiger partial charge is 0.378 e. The first kappa shape index (κ1) is 15.8. The molecule has 0 bridgehead atoms. The highest BCUT2D eigenvalue weighted by atomic mass is 16.5. The van der Waals surface area contributed by atoms with Gasteiger partial charge in [-0.05, 0) is 43.2 Å². The Kier molecular flexibility index (Phi) is 4.23. The summed E-state index contributed by atoms with van der Waals surface area (Å²) in [7, 11) is 0. The minimum Gasteiger partial charge on any atom is -0.378 e. The van der Waals surface area contributed by atoms with Gasteiger partial charge in [-0.25, -0.2) is 0 Å². The number of benzene rings is 1. The van der Waals surface area contributed by atoms with E-state index in [-0.39, 0.29) is 11.8 Å². The van der Waals surface area contributed by atoms with Crippen molar-refractivity contribution in [2.24, 2.45) is 0 Å². The van der Waals surface area contributed by atoms with Crippen LogP contribution in [0.5, 0.6) is 0 Å². The SMILES string of the molecule is O=C(Nc1ccc(C(=O)N2CCOCC2)cc1)c1cc(C2CC2)[nH]n1. The first-order chi connectivity index (χ1) is 12.2. The number of rotatable bonds is 4. The van der Waals surface area contributed by atoms with Crippen LogP contribution in [0.1, 0.15) is 45.3 Å². The number of aromatic nitrogens is 2. The molecular formula is C18H20N4O3. The van der Waals surface area contributed by atoms with E-state index in [2.05, 4.69) is 15.5 Å². The van der Waals surface area contributed by atoms with Crippen molar-refractivity contribution in [1.29, 1.82) is 0 Å². The number of anilines is 1. The van der Waals surface area contributed by atoms with Gasteiger partial charge in [-0.15, -0.1) is 0 Å². The van der Waals surface area contributed by atoms with Crippen molar-refractivity contribution in [3.8, 4) is 0 Å². The molecule has 2 amide bonds. The molecule has 1 saturated carbocycles. The van der Waals surface area contributed by atoms with Gasteiger partial charge in [0.1, 0.15) is 0 Å². The minimum atomic E-state index is -0.254. The molecule has 1 saturated heterocycles. The number of morpholine rings is 1. The van der Waals surface area contributed by atoms with Crippen LogP contribution in [0.15, 0.2) is 30.3 Å². The van der Waals surface area contributed by atoms with Gasteiger partial charge in [0.25, 0.3) is 11.8 Å². The average molecular weight is 340 g/mol. The van der Waals surface area contributed by atoms with E-state index in [0.717, 1.165) is 18.5 Å². The van der Waals surface area contributed by atoms with Crippen molar-refractivity contribution in [3.63, 3.8) is 0 Å². The summed E-state index contributed by atoms with van der Waals surface area (Å²) in [5.41, 5.74) is 2.65. The van der Waals surface area contributed by atoms with Gasteiger partial charge < -0.3 is 15.0 Å². The van der Waals surface area contributed by atoms with E-state index in [1.165, 1.54) is 0 Å². The number of amides is 2. The Labute approximate surface area is 145 Å². The van der Waals surface area contributed by atoms with E-state index in [9.17, 15) is 9.59 Å². The molecule has 2 aliphatic rings. The molecule has 25 heavy (non-hydrogen) atoms. The smallest absolute Gasteiger partial charge is 0.276 e. The third-order valence-electron chi connectivity index (χ3n) is 4.54. The monoisotopic (exact) mass is 340 g/mol. The van der Waals surface area contributed by atoms with Gasteiger partial charge in [-0.1, -0.05) is 0 Å². The maximum atomic E-state index is 12.4. The van der Waals surface area contributed by atoms with Gasteiger partial charge in [-0.2, -0.15) is 5.10 Å². The second-order valence-corrected chi connectivity index (χ2v) is 6.42. The fraction of sp³-hybridized carbons (Fsp3) is 0.389. The third kappa shape index (κ3) is 3.56. The fourth-order valence-electron chi connectivity index (χ4n) is 2.90. The van der Waals surface area contributed by atoms with Crippen LogP contribution in [0.2, 0.25) is 0 Å². The van der Waals surface area contributed by atoms with Crippen LogP contribution in [0.3, 0.4) is 0 Å². The number of nitrogens with one attached hydrogen (secondary N) is 2. The Morgan fingerprint density at radius 1 is 1.16 bits per heavy atom. The summed E-state index contributed by atoms with van der Waals surface area (Å²) in [6.45, 7) is 2.37. The second kappa shape index (κ2) is 6.68. The lowest BCUT2D eigenvalue weighted by atomic mass is 10.1. The molecule has 2 N–H and O–H groups in total. The van der Waals surface area contributed by atoms with Gasteiger partial charge in [0.15, 0.2) is 5.69 Å². The van der Waals surface area contributed by atoms with Gasteiger partial charge in [0, 0.05) is 36.0 Å². The van der Waals surface area contributed by atoms with Crippen LogP contribution in [-0.2, 0) is 4.74 Å². The molecule has 0 spiro atoms. The Morgan fingerprint density at radius 3 is 2.56 bits per heavy atom.